The number of piperazine rings is 1. The summed E-state index contributed by atoms with van der Waals surface area (Å²) in [5, 5.41) is 0.405. The second-order valence-corrected chi connectivity index (χ2v) is 9.97. The van der Waals surface area contributed by atoms with Crippen LogP contribution in [0.15, 0.2) is 84.9 Å². The number of carbonyl (C=O) groups excluding carboxylic acids is 1. The molecule has 1 atom stereocenters. The Kier molecular flexibility index (Phi) is 6.72. The Labute approximate surface area is 235 Å². The standard InChI is InChI=1S/C31H25ClF2N2O4/c1-38-23-12-6-20(7-13-23)31(25-4-2-3-5-26(25)32)39-28-18-24(27(34)19-29(28)40-31)30(37)36-16-14-35(15-17-36)22-10-8-21(33)9-11-22/h2-13,18-19H,14-17H2,1H3. The quantitative estimate of drug-likeness (QED) is 0.287. The number of halogens is 3. The lowest BCUT2D eigenvalue weighted by molar-refractivity contribution is -0.0458. The smallest absolute Gasteiger partial charge is 0.307 e. The molecule has 6 nitrogen and oxygen atoms in total. The molecule has 0 spiro atoms. The molecule has 6 rings (SSSR count). The van der Waals surface area contributed by atoms with Crippen LogP contribution in [0.3, 0.4) is 0 Å². The molecule has 0 bridgehead atoms. The minimum absolute atomic E-state index is 0.109. The van der Waals surface area contributed by atoms with Crippen molar-refractivity contribution in [1.82, 2.24) is 4.90 Å². The summed E-state index contributed by atoms with van der Waals surface area (Å²) in [6.45, 7) is 1.85. The van der Waals surface area contributed by atoms with E-state index in [1.807, 2.05) is 6.07 Å². The second-order valence-electron chi connectivity index (χ2n) is 9.56. The Morgan fingerprint density at radius 3 is 2.17 bits per heavy atom. The van der Waals surface area contributed by atoms with Crippen molar-refractivity contribution in [2.75, 3.05) is 38.2 Å². The lowest BCUT2D eigenvalue weighted by Crippen LogP contribution is -2.49. The summed E-state index contributed by atoms with van der Waals surface area (Å²) in [7, 11) is 1.57. The van der Waals surface area contributed by atoms with E-state index in [0.29, 0.717) is 48.1 Å². The van der Waals surface area contributed by atoms with Gasteiger partial charge in [-0.05, 0) is 66.7 Å². The van der Waals surface area contributed by atoms with Gasteiger partial charge < -0.3 is 24.0 Å². The van der Waals surface area contributed by atoms with Gasteiger partial charge in [-0.3, -0.25) is 4.79 Å². The monoisotopic (exact) mass is 562 g/mol. The van der Waals surface area contributed by atoms with Gasteiger partial charge in [-0.2, -0.15) is 0 Å². The maximum absolute atomic E-state index is 15.4. The molecular formula is C31H25ClF2N2O4. The van der Waals surface area contributed by atoms with E-state index in [9.17, 15) is 9.18 Å². The summed E-state index contributed by atoms with van der Waals surface area (Å²) in [6.07, 6.45) is 0. The molecule has 1 fully saturated rings. The molecule has 1 unspecified atom stereocenters. The van der Waals surface area contributed by atoms with Gasteiger partial charge in [-0.25, -0.2) is 8.78 Å². The van der Waals surface area contributed by atoms with E-state index in [4.69, 9.17) is 25.8 Å². The largest absolute Gasteiger partial charge is 0.497 e. The van der Waals surface area contributed by atoms with Crippen molar-refractivity contribution in [2.45, 2.75) is 5.79 Å². The fourth-order valence-electron chi connectivity index (χ4n) is 5.10. The van der Waals surface area contributed by atoms with Crippen LogP contribution in [0.2, 0.25) is 5.02 Å². The van der Waals surface area contributed by atoms with Gasteiger partial charge in [-0.15, -0.1) is 0 Å². The van der Waals surface area contributed by atoms with E-state index in [0.717, 1.165) is 5.69 Å². The average Bonchev–Trinajstić information content (AvgIpc) is 3.36. The highest BCUT2D eigenvalue weighted by Gasteiger charge is 2.47. The van der Waals surface area contributed by atoms with Crippen LogP contribution in [0, 0.1) is 11.6 Å². The molecule has 0 aromatic heterocycles. The Balaban J connectivity index is 1.28. The first-order valence-corrected chi connectivity index (χ1v) is 13.2. The predicted molar refractivity (Wildman–Crippen MR) is 147 cm³/mol. The van der Waals surface area contributed by atoms with Crippen LogP contribution >= 0.6 is 11.6 Å². The fraction of sp³-hybridized carbons (Fsp3) is 0.194. The summed E-state index contributed by atoms with van der Waals surface area (Å²) >= 11 is 6.58. The topological polar surface area (TPSA) is 51.2 Å². The number of amides is 1. The van der Waals surface area contributed by atoms with E-state index < -0.39 is 17.5 Å². The first-order chi connectivity index (χ1) is 19.4. The molecule has 204 valence electrons. The zero-order valence-corrected chi connectivity index (χ0v) is 22.3. The number of fused-ring (bicyclic) bond motifs is 1. The van der Waals surface area contributed by atoms with Crippen molar-refractivity contribution in [1.29, 1.82) is 0 Å². The molecule has 0 radical (unpaired) electrons. The zero-order valence-electron chi connectivity index (χ0n) is 21.6. The molecule has 0 N–H and O–H groups in total. The molecule has 1 saturated heterocycles. The molecular weight excluding hydrogens is 538 g/mol. The molecule has 2 aliphatic heterocycles. The van der Waals surface area contributed by atoms with Gasteiger partial charge in [-0.1, -0.05) is 23.7 Å². The summed E-state index contributed by atoms with van der Waals surface area (Å²) in [6, 6.07) is 23.0. The van der Waals surface area contributed by atoms with Crippen LogP contribution in [0.5, 0.6) is 17.2 Å². The Bertz CT molecular complexity index is 1560. The minimum Gasteiger partial charge on any atom is -0.497 e. The van der Waals surface area contributed by atoms with Crippen molar-refractivity contribution in [2.24, 2.45) is 0 Å². The van der Waals surface area contributed by atoms with Gasteiger partial charge in [0.25, 0.3) is 5.91 Å². The number of rotatable bonds is 5. The van der Waals surface area contributed by atoms with Crippen LogP contribution in [-0.4, -0.2) is 44.1 Å². The van der Waals surface area contributed by atoms with Crippen molar-refractivity contribution in [3.63, 3.8) is 0 Å². The molecule has 4 aromatic rings. The molecule has 2 heterocycles. The fourth-order valence-corrected chi connectivity index (χ4v) is 5.36. The summed E-state index contributed by atoms with van der Waals surface area (Å²) < 4.78 is 46.7. The van der Waals surface area contributed by atoms with E-state index in [-0.39, 0.29) is 22.9 Å². The van der Waals surface area contributed by atoms with Gasteiger partial charge in [0.1, 0.15) is 17.4 Å². The van der Waals surface area contributed by atoms with Gasteiger partial charge >= 0.3 is 5.79 Å². The third-order valence-corrected chi connectivity index (χ3v) is 7.56. The normalized spacial score (nSPS) is 18.1. The van der Waals surface area contributed by atoms with Gasteiger partial charge in [0, 0.05) is 43.5 Å². The van der Waals surface area contributed by atoms with Crippen LogP contribution < -0.4 is 19.1 Å². The Hall–Kier alpha value is -4.30. The summed E-state index contributed by atoms with van der Waals surface area (Å²) in [5.41, 5.74) is 1.91. The van der Waals surface area contributed by atoms with Crippen LogP contribution in [0.4, 0.5) is 14.5 Å². The van der Waals surface area contributed by atoms with Crippen molar-refractivity contribution in [3.8, 4) is 17.2 Å². The first-order valence-electron chi connectivity index (χ1n) is 12.8. The van der Waals surface area contributed by atoms with Gasteiger partial charge in [0.15, 0.2) is 11.5 Å². The SMILES string of the molecule is COc1ccc(C2(c3ccccc3Cl)Oc3cc(F)c(C(=O)N4CCN(c5ccc(F)cc5)CC4)cc3O2)cc1. The zero-order chi connectivity index (χ0) is 27.9. The highest BCUT2D eigenvalue weighted by molar-refractivity contribution is 6.31. The van der Waals surface area contributed by atoms with Gasteiger partial charge in [0.05, 0.1) is 23.3 Å². The third-order valence-electron chi connectivity index (χ3n) is 7.23. The Morgan fingerprint density at radius 2 is 1.52 bits per heavy atom. The van der Waals surface area contributed by atoms with Crippen molar-refractivity contribution < 1.29 is 27.8 Å². The number of hydrogen-bond acceptors (Lipinski definition) is 5. The highest BCUT2D eigenvalue weighted by atomic mass is 35.5. The lowest BCUT2D eigenvalue weighted by atomic mass is 9.97. The molecule has 0 saturated carbocycles. The number of hydrogen-bond donors (Lipinski definition) is 0. The Morgan fingerprint density at radius 1 is 0.875 bits per heavy atom. The average molecular weight is 563 g/mol. The number of methoxy groups -OCH3 is 1. The highest BCUT2D eigenvalue weighted by Crippen LogP contribution is 2.50. The molecule has 2 aliphatic rings. The minimum atomic E-state index is -1.50. The molecule has 0 aliphatic carbocycles. The number of carbonyl (C=O) groups is 1. The van der Waals surface area contributed by atoms with Crippen molar-refractivity contribution in [3.05, 3.63) is 118 Å². The summed E-state index contributed by atoms with van der Waals surface area (Å²) in [4.78, 5) is 17.1. The van der Waals surface area contributed by atoms with Gasteiger partial charge in [0.2, 0.25) is 0 Å². The van der Waals surface area contributed by atoms with E-state index in [1.165, 1.54) is 24.3 Å². The van der Waals surface area contributed by atoms with Crippen LogP contribution in [0.25, 0.3) is 0 Å². The maximum atomic E-state index is 15.4. The predicted octanol–water partition coefficient (Wildman–Crippen LogP) is 6.26. The molecule has 40 heavy (non-hydrogen) atoms. The number of anilines is 1. The number of ether oxygens (including phenoxy) is 3. The first kappa shape index (κ1) is 26.0. The maximum Gasteiger partial charge on any atom is 0.307 e. The van der Waals surface area contributed by atoms with Crippen LogP contribution in [-0.2, 0) is 5.79 Å². The lowest BCUT2D eigenvalue weighted by Gasteiger charge is -2.36. The molecule has 4 aromatic carbocycles. The molecule has 9 heteroatoms. The number of benzene rings is 4. The summed E-state index contributed by atoms with van der Waals surface area (Å²) in [5.74, 6) is -1.92. The molecule has 1 amide bonds. The van der Waals surface area contributed by atoms with E-state index >= 15 is 4.39 Å². The third kappa shape index (κ3) is 4.58. The van der Waals surface area contributed by atoms with Crippen LogP contribution in [0.1, 0.15) is 21.5 Å². The number of nitrogens with zero attached hydrogens (tertiary/aromatic N) is 2. The van der Waals surface area contributed by atoms with E-state index in [2.05, 4.69) is 4.90 Å². The van der Waals surface area contributed by atoms with E-state index in [1.54, 1.807) is 66.6 Å². The second kappa shape index (κ2) is 10.4. The van der Waals surface area contributed by atoms with Crippen molar-refractivity contribution >= 4 is 23.2 Å².